The van der Waals surface area contributed by atoms with E-state index in [4.69, 9.17) is 4.52 Å². The summed E-state index contributed by atoms with van der Waals surface area (Å²) >= 11 is 0. The molecule has 0 unspecified atom stereocenters. The third-order valence-corrected chi connectivity index (χ3v) is 3.97. The zero-order chi connectivity index (χ0) is 14.8. The molecule has 1 amide bonds. The molecule has 112 valence electrons. The number of amides is 1. The van der Waals surface area contributed by atoms with E-state index in [9.17, 15) is 4.79 Å². The van der Waals surface area contributed by atoms with Gasteiger partial charge in [0.05, 0.1) is 6.33 Å². The fraction of sp³-hybridized carbons (Fsp3) is 0.571. The molecule has 1 aliphatic rings. The first kappa shape index (κ1) is 13.8. The lowest BCUT2D eigenvalue weighted by Crippen LogP contribution is -2.42. The molecule has 0 bridgehead atoms. The first-order chi connectivity index (χ1) is 10.1. The van der Waals surface area contributed by atoms with Gasteiger partial charge in [-0.2, -0.15) is 4.98 Å². The van der Waals surface area contributed by atoms with Gasteiger partial charge in [-0.05, 0) is 19.8 Å². The quantitative estimate of drug-likeness (QED) is 0.856. The van der Waals surface area contributed by atoms with Crippen LogP contribution in [0.2, 0.25) is 0 Å². The monoisotopic (exact) mass is 289 g/mol. The third kappa shape index (κ3) is 2.81. The summed E-state index contributed by atoms with van der Waals surface area (Å²) in [6.45, 7) is 5.11. The average Bonchev–Trinajstić information content (AvgIpc) is 3.17. The van der Waals surface area contributed by atoms with Gasteiger partial charge in [-0.1, -0.05) is 5.16 Å². The minimum absolute atomic E-state index is 0.109. The summed E-state index contributed by atoms with van der Waals surface area (Å²) in [7, 11) is 0. The molecule has 7 nitrogen and oxygen atoms in total. The van der Waals surface area contributed by atoms with Crippen molar-refractivity contribution in [3.8, 4) is 0 Å². The van der Waals surface area contributed by atoms with Gasteiger partial charge in [0.1, 0.15) is 6.04 Å². The Kier molecular flexibility index (Phi) is 3.72. The molecule has 2 aromatic rings. The van der Waals surface area contributed by atoms with Gasteiger partial charge in [-0.3, -0.25) is 4.79 Å². The van der Waals surface area contributed by atoms with E-state index in [0.717, 1.165) is 19.4 Å². The Balaban J connectivity index is 1.69. The summed E-state index contributed by atoms with van der Waals surface area (Å²) in [6.07, 6.45) is 7.12. The summed E-state index contributed by atoms with van der Waals surface area (Å²) in [4.78, 5) is 22.8. The van der Waals surface area contributed by atoms with Crippen LogP contribution in [0, 0.1) is 6.92 Å². The SMILES string of the molecule is Cc1nc([C@@H]2CCCN(C(=O)[C@@H](C)n3ccnc3)C2)no1. The number of imidazole rings is 1. The van der Waals surface area contributed by atoms with E-state index >= 15 is 0 Å². The summed E-state index contributed by atoms with van der Waals surface area (Å²) in [5.41, 5.74) is 0. The maximum absolute atomic E-state index is 12.6. The van der Waals surface area contributed by atoms with Crippen LogP contribution >= 0.6 is 0 Å². The van der Waals surface area contributed by atoms with Gasteiger partial charge >= 0.3 is 0 Å². The maximum atomic E-state index is 12.6. The highest BCUT2D eigenvalue weighted by Crippen LogP contribution is 2.26. The molecule has 3 rings (SSSR count). The zero-order valence-electron chi connectivity index (χ0n) is 12.3. The van der Waals surface area contributed by atoms with Gasteiger partial charge in [-0.25, -0.2) is 4.98 Å². The van der Waals surface area contributed by atoms with E-state index in [-0.39, 0.29) is 17.9 Å². The minimum atomic E-state index is -0.238. The summed E-state index contributed by atoms with van der Waals surface area (Å²) in [5, 5.41) is 3.99. The first-order valence-electron chi connectivity index (χ1n) is 7.21. The Bertz CT molecular complexity index is 607. The van der Waals surface area contributed by atoms with Crippen LogP contribution in [0.4, 0.5) is 0 Å². The molecule has 2 atom stereocenters. The molecule has 1 aliphatic heterocycles. The number of nitrogens with zero attached hydrogens (tertiary/aromatic N) is 5. The third-order valence-electron chi connectivity index (χ3n) is 3.97. The Morgan fingerprint density at radius 3 is 3.05 bits per heavy atom. The van der Waals surface area contributed by atoms with Crippen LogP contribution in [0.1, 0.15) is 43.4 Å². The van der Waals surface area contributed by atoms with Crippen molar-refractivity contribution >= 4 is 5.91 Å². The van der Waals surface area contributed by atoms with Crippen LogP contribution in [-0.4, -0.2) is 43.6 Å². The van der Waals surface area contributed by atoms with Crippen LogP contribution < -0.4 is 0 Å². The maximum Gasteiger partial charge on any atom is 0.245 e. The minimum Gasteiger partial charge on any atom is -0.340 e. The van der Waals surface area contributed by atoms with Crippen LogP contribution in [0.3, 0.4) is 0 Å². The van der Waals surface area contributed by atoms with E-state index in [0.29, 0.717) is 18.3 Å². The highest BCUT2D eigenvalue weighted by atomic mass is 16.5. The highest BCUT2D eigenvalue weighted by Gasteiger charge is 2.30. The normalized spacial score (nSPS) is 20.5. The van der Waals surface area contributed by atoms with Crippen LogP contribution in [0.5, 0.6) is 0 Å². The molecule has 1 fully saturated rings. The second-order valence-electron chi connectivity index (χ2n) is 5.48. The largest absolute Gasteiger partial charge is 0.340 e. The number of rotatable bonds is 3. The van der Waals surface area contributed by atoms with Crippen molar-refractivity contribution < 1.29 is 9.32 Å². The number of aromatic nitrogens is 4. The summed E-state index contributed by atoms with van der Waals surface area (Å²) < 4.78 is 6.87. The van der Waals surface area contributed by atoms with E-state index in [1.165, 1.54) is 0 Å². The number of carbonyl (C=O) groups is 1. The molecular weight excluding hydrogens is 270 g/mol. The number of hydrogen-bond donors (Lipinski definition) is 0. The van der Waals surface area contributed by atoms with E-state index in [2.05, 4.69) is 15.1 Å². The van der Waals surface area contributed by atoms with Gasteiger partial charge < -0.3 is 14.0 Å². The van der Waals surface area contributed by atoms with Crippen molar-refractivity contribution in [3.05, 3.63) is 30.4 Å². The molecule has 1 saturated heterocycles. The number of likely N-dealkylation sites (tertiary alicyclic amines) is 1. The van der Waals surface area contributed by atoms with Gasteiger partial charge in [0, 0.05) is 38.3 Å². The van der Waals surface area contributed by atoms with Gasteiger partial charge in [0.25, 0.3) is 0 Å². The molecule has 3 heterocycles. The lowest BCUT2D eigenvalue weighted by molar-refractivity contribution is -0.135. The fourth-order valence-corrected chi connectivity index (χ4v) is 2.76. The zero-order valence-corrected chi connectivity index (χ0v) is 12.3. The topological polar surface area (TPSA) is 77.1 Å². The van der Waals surface area contributed by atoms with Crippen molar-refractivity contribution in [2.75, 3.05) is 13.1 Å². The first-order valence-corrected chi connectivity index (χ1v) is 7.21. The number of carbonyl (C=O) groups excluding carboxylic acids is 1. The molecular formula is C14H19N5O2. The van der Waals surface area contributed by atoms with Crippen LogP contribution in [-0.2, 0) is 4.79 Å². The standard InChI is InChI=1S/C14H19N5O2/c1-10(19-7-5-15-9-19)14(20)18-6-3-4-12(8-18)13-16-11(2)21-17-13/h5,7,9-10,12H,3-4,6,8H2,1-2H3/t10-,12-/m1/s1. The second-order valence-corrected chi connectivity index (χ2v) is 5.48. The molecule has 0 aliphatic carbocycles. The van der Waals surface area contributed by atoms with E-state index in [1.807, 2.05) is 22.6 Å². The van der Waals surface area contributed by atoms with Crippen LogP contribution in [0.15, 0.2) is 23.2 Å². The summed E-state index contributed by atoms with van der Waals surface area (Å²) in [5.74, 6) is 1.55. The number of hydrogen-bond acceptors (Lipinski definition) is 5. The predicted molar refractivity (Wildman–Crippen MR) is 74.5 cm³/mol. The average molecular weight is 289 g/mol. The van der Waals surface area contributed by atoms with Crippen molar-refractivity contribution in [2.24, 2.45) is 0 Å². The molecule has 2 aromatic heterocycles. The van der Waals surface area contributed by atoms with Crippen molar-refractivity contribution in [1.29, 1.82) is 0 Å². The Morgan fingerprint density at radius 1 is 1.52 bits per heavy atom. The fourth-order valence-electron chi connectivity index (χ4n) is 2.76. The number of piperidine rings is 1. The Morgan fingerprint density at radius 2 is 2.38 bits per heavy atom. The van der Waals surface area contributed by atoms with Gasteiger partial charge in [0.15, 0.2) is 5.82 Å². The smallest absolute Gasteiger partial charge is 0.245 e. The molecule has 7 heteroatoms. The molecule has 0 spiro atoms. The molecule has 21 heavy (non-hydrogen) atoms. The highest BCUT2D eigenvalue weighted by molar-refractivity contribution is 5.80. The van der Waals surface area contributed by atoms with Gasteiger partial charge in [0.2, 0.25) is 11.8 Å². The summed E-state index contributed by atoms with van der Waals surface area (Å²) in [6, 6.07) is -0.238. The Hall–Kier alpha value is -2.18. The van der Waals surface area contributed by atoms with Crippen LogP contribution in [0.25, 0.3) is 0 Å². The van der Waals surface area contributed by atoms with Gasteiger partial charge in [-0.15, -0.1) is 0 Å². The molecule has 0 aromatic carbocycles. The lowest BCUT2D eigenvalue weighted by Gasteiger charge is -2.33. The molecule has 0 saturated carbocycles. The number of aryl methyl sites for hydroxylation is 1. The van der Waals surface area contributed by atoms with Crippen molar-refractivity contribution in [2.45, 2.75) is 38.6 Å². The van der Waals surface area contributed by atoms with E-state index in [1.54, 1.807) is 19.4 Å². The molecule has 0 N–H and O–H groups in total. The predicted octanol–water partition coefficient (Wildman–Crippen LogP) is 1.54. The molecule has 0 radical (unpaired) electrons. The van der Waals surface area contributed by atoms with Crippen molar-refractivity contribution in [3.63, 3.8) is 0 Å². The van der Waals surface area contributed by atoms with E-state index < -0.39 is 0 Å². The lowest BCUT2D eigenvalue weighted by atomic mass is 9.97. The van der Waals surface area contributed by atoms with Crippen molar-refractivity contribution in [1.82, 2.24) is 24.6 Å². The Labute approximate surface area is 123 Å². The second kappa shape index (κ2) is 5.67.